The van der Waals surface area contributed by atoms with Crippen LogP contribution in [0.5, 0.6) is 0 Å². The van der Waals surface area contributed by atoms with Crippen LogP contribution in [0.2, 0.25) is 0 Å². The standard InChI is InChI=1S/C14H19FN2O3/c1-14(2,3)17(9-13(19)20)8-12(18)16-11-7-5-4-6-10(11)15/h4-7H,8-9H2,1-3H3,(H,16,18)(H,19,20). The van der Waals surface area contributed by atoms with E-state index in [0.29, 0.717) is 0 Å². The monoisotopic (exact) mass is 282 g/mol. The lowest BCUT2D eigenvalue weighted by atomic mass is 10.1. The second-order valence-corrected chi connectivity index (χ2v) is 5.45. The average Bonchev–Trinajstić information content (AvgIpc) is 2.29. The first-order valence-electron chi connectivity index (χ1n) is 6.21. The molecule has 0 aliphatic carbocycles. The molecule has 0 aliphatic heterocycles. The fraction of sp³-hybridized carbons (Fsp3) is 0.429. The number of nitrogens with zero attached hydrogens (tertiary/aromatic N) is 1. The van der Waals surface area contributed by atoms with Crippen molar-refractivity contribution < 1.29 is 19.1 Å². The third-order valence-electron chi connectivity index (χ3n) is 2.76. The molecule has 0 saturated heterocycles. The van der Waals surface area contributed by atoms with Gasteiger partial charge in [0.2, 0.25) is 5.91 Å². The number of nitrogens with one attached hydrogen (secondary N) is 1. The number of benzene rings is 1. The minimum atomic E-state index is -1.02. The number of halogens is 1. The zero-order valence-electron chi connectivity index (χ0n) is 11.8. The number of carbonyl (C=O) groups is 2. The summed E-state index contributed by atoms with van der Waals surface area (Å²) in [7, 11) is 0. The van der Waals surface area contributed by atoms with E-state index in [-0.39, 0.29) is 18.8 Å². The Morgan fingerprint density at radius 2 is 1.85 bits per heavy atom. The molecule has 0 unspecified atom stereocenters. The highest BCUT2D eigenvalue weighted by molar-refractivity contribution is 5.92. The average molecular weight is 282 g/mol. The zero-order valence-corrected chi connectivity index (χ0v) is 11.8. The normalized spacial score (nSPS) is 11.4. The Morgan fingerprint density at radius 1 is 1.25 bits per heavy atom. The van der Waals surface area contributed by atoms with Gasteiger partial charge >= 0.3 is 5.97 Å². The quantitative estimate of drug-likeness (QED) is 0.866. The molecule has 1 rings (SSSR count). The van der Waals surface area contributed by atoms with Gasteiger partial charge in [-0.25, -0.2) is 4.39 Å². The molecule has 0 aliphatic rings. The van der Waals surface area contributed by atoms with Crippen molar-refractivity contribution in [3.63, 3.8) is 0 Å². The third kappa shape index (κ3) is 4.97. The van der Waals surface area contributed by atoms with E-state index in [1.54, 1.807) is 6.07 Å². The van der Waals surface area contributed by atoms with Gasteiger partial charge in [0.15, 0.2) is 0 Å². The highest BCUT2D eigenvalue weighted by Gasteiger charge is 2.25. The predicted octanol–water partition coefficient (Wildman–Crippen LogP) is 1.95. The SMILES string of the molecule is CC(C)(C)N(CC(=O)O)CC(=O)Nc1ccccc1F. The number of carbonyl (C=O) groups excluding carboxylic acids is 1. The molecule has 1 aromatic rings. The molecule has 110 valence electrons. The topological polar surface area (TPSA) is 69.6 Å². The maximum absolute atomic E-state index is 13.4. The van der Waals surface area contributed by atoms with Crippen LogP contribution in [0, 0.1) is 5.82 Å². The van der Waals surface area contributed by atoms with E-state index in [1.165, 1.54) is 23.1 Å². The van der Waals surface area contributed by atoms with Crippen molar-refractivity contribution in [1.29, 1.82) is 0 Å². The van der Waals surface area contributed by atoms with Crippen molar-refractivity contribution in [2.75, 3.05) is 18.4 Å². The second-order valence-electron chi connectivity index (χ2n) is 5.45. The minimum Gasteiger partial charge on any atom is -0.480 e. The molecule has 0 atom stereocenters. The Morgan fingerprint density at radius 3 is 2.35 bits per heavy atom. The minimum absolute atomic E-state index is 0.0849. The smallest absolute Gasteiger partial charge is 0.317 e. The van der Waals surface area contributed by atoms with Crippen LogP contribution in [0.4, 0.5) is 10.1 Å². The van der Waals surface area contributed by atoms with Crippen LogP contribution in [-0.4, -0.2) is 40.5 Å². The molecule has 0 aromatic heterocycles. The van der Waals surface area contributed by atoms with E-state index >= 15 is 0 Å². The summed E-state index contributed by atoms with van der Waals surface area (Å²) in [4.78, 5) is 24.2. The van der Waals surface area contributed by atoms with Crippen molar-refractivity contribution >= 4 is 17.6 Å². The van der Waals surface area contributed by atoms with Crippen LogP contribution < -0.4 is 5.32 Å². The summed E-state index contributed by atoms with van der Waals surface area (Å²) < 4.78 is 13.4. The Balaban J connectivity index is 2.72. The first-order valence-corrected chi connectivity index (χ1v) is 6.21. The number of carboxylic acids is 1. The van der Waals surface area contributed by atoms with Gasteiger partial charge in [-0.3, -0.25) is 14.5 Å². The second kappa shape index (κ2) is 6.47. The predicted molar refractivity (Wildman–Crippen MR) is 74.0 cm³/mol. The van der Waals surface area contributed by atoms with Gasteiger partial charge in [-0.15, -0.1) is 0 Å². The Bertz CT molecular complexity index is 497. The van der Waals surface area contributed by atoms with E-state index in [4.69, 9.17) is 5.11 Å². The van der Waals surface area contributed by atoms with Gasteiger partial charge < -0.3 is 10.4 Å². The summed E-state index contributed by atoms with van der Waals surface area (Å²) in [5, 5.41) is 11.3. The summed E-state index contributed by atoms with van der Waals surface area (Å²) in [6.45, 7) is 5.06. The van der Waals surface area contributed by atoms with Crippen molar-refractivity contribution in [1.82, 2.24) is 4.90 Å². The number of para-hydroxylation sites is 1. The molecule has 0 saturated carbocycles. The van der Waals surface area contributed by atoms with Gasteiger partial charge in [0.05, 0.1) is 18.8 Å². The van der Waals surface area contributed by atoms with Gasteiger partial charge in [-0.2, -0.15) is 0 Å². The highest BCUT2D eigenvalue weighted by atomic mass is 19.1. The number of anilines is 1. The van der Waals surface area contributed by atoms with E-state index in [9.17, 15) is 14.0 Å². The highest BCUT2D eigenvalue weighted by Crippen LogP contribution is 2.15. The summed E-state index contributed by atoms with van der Waals surface area (Å²) in [6, 6.07) is 5.83. The molecular weight excluding hydrogens is 263 g/mol. The molecule has 1 aromatic carbocycles. The van der Waals surface area contributed by atoms with Gasteiger partial charge in [0.1, 0.15) is 5.82 Å². The lowest BCUT2D eigenvalue weighted by Gasteiger charge is -2.33. The molecule has 5 nitrogen and oxygen atoms in total. The summed E-state index contributed by atoms with van der Waals surface area (Å²) in [5.41, 5.74) is -0.396. The number of carboxylic acid groups (broad SMARTS) is 1. The first kappa shape index (κ1) is 16.1. The van der Waals surface area contributed by atoms with Gasteiger partial charge in [-0.05, 0) is 32.9 Å². The van der Waals surface area contributed by atoms with Crippen molar-refractivity contribution in [2.45, 2.75) is 26.3 Å². The zero-order chi connectivity index (χ0) is 15.3. The maximum atomic E-state index is 13.4. The largest absolute Gasteiger partial charge is 0.480 e. The van der Waals surface area contributed by atoms with E-state index in [1.807, 2.05) is 20.8 Å². The molecule has 0 heterocycles. The summed E-state index contributed by atoms with van der Waals surface area (Å²) in [6.07, 6.45) is 0. The van der Waals surface area contributed by atoms with E-state index in [0.717, 1.165) is 0 Å². The molecule has 0 radical (unpaired) electrons. The van der Waals surface area contributed by atoms with Crippen LogP contribution in [0.3, 0.4) is 0 Å². The fourth-order valence-corrected chi connectivity index (χ4v) is 1.62. The number of rotatable bonds is 5. The van der Waals surface area contributed by atoms with Gasteiger partial charge in [0, 0.05) is 5.54 Å². The van der Waals surface area contributed by atoms with Gasteiger partial charge in [0.25, 0.3) is 0 Å². The van der Waals surface area contributed by atoms with E-state index < -0.39 is 23.2 Å². The van der Waals surface area contributed by atoms with E-state index in [2.05, 4.69) is 5.32 Å². The van der Waals surface area contributed by atoms with Crippen molar-refractivity contribution in [2.24, 2.45) is 0 Å². The molecule has 0 spiro atoms. The number of hydrogen-bond acceptors (Lipinski definition) is 3. The van der Waals surface area contributed by atoms with Crippen LogP contribution in [-0.2, 0) is 9.59 Å². The summed E-state index contributed by atoms with van der Waals surface area (Å²) in [5.74, 6) is -1.99. The Kier molecular flexibility index (Phi) is 5.21. The number of aliphatic carboxylic acids is 1. The molecule has 0 bridgehead atoms. The Labute approximate surface area is 117 Å². The maximum Gasteiger partial charge on any atom is 0.317 e. The van der Waals surface area contributed by atoms with Crippen LogP contribution in [0.25, 0.3) is 0 Å². The first-order chi connectivity index (χ1) is 9.20. The Hall–Kier alpha value is -1.95. The lowest BCUT2D eigenvalue weighted by Crippen LogP contribution is -2.48. The molecule has 0 fully saturated rings. The number of amides is 1. The molecule has 1 amide bonds. The fourth-order valence-electron chi connectivity index (χ4n) is 1.62. The van der Waals surface area contributed by atoms with Crippen LogP contribution >= 0.6 is 0 Å². The molecule has 6 heteroatoms. The van der Waals surface area contributed by atoms with Crippen molar-refractivity contribution in [3.05, 3.63) is 30.1 Å². The molecule has 20 heavy (non-hydrogen) atoms. The lowest BCUT2D eigenvalue weighted by molar-refractivity contribution is -0.140. The molecular formula is C14H19FN2O3. The van der Waals surface area contributed by atoms with Gasteiger partial charge in [-0.1, -0.05) is 12.1 Å². The van der Waals surface area contributed by atoms with Crippen LogP contribution in [0.15, 0.2) is 24.3 Å². The third-order valence-corrected chi connectivity index (χ3v) is 2.76. The van der Waals surface area contributed by atoms with Crippen molar-refractivity contribution in [3.8, 4) is 0 Å². The molecule has 2 N–H and O–H groups in total. The van der Waals surface area contributed by atoms with Crippen LogP contribution in [0.1, 0.15) is 20.8 Å². The summed E-state index contributed by atoms with van der Waals surface area (Å²) >= 11 is 0. The number of hydrogen-bond donors (Lipinski definition) is 2.